The van der Waals surface area contributed by atoms with Gasteiger partial charge < -0.3 is 10.4 Å². The van der Waals surface area contributed by atoms with Crippen molar-refractivity contribution in [1.82, 2.24) is 5.32 Å². The average Bonchev–Trinajstić information content (AvgIpc) is 2.67. The Morgan fingerprint density at radius 3 is 2.82 bits per heavy atom. The van der Waals surface area contributed by atoms with Gasteiger partial charge >= 0.3 is 0 Å². The summed E-state index contributed by atoms with van der Waals surface area (Å²) in [6.07, 6.45) is 2.24. The van der Waals surface area contributed by atoms with Crippen LogP contribution < -0.4 is 5.32 Å². The summed E-state index contributed by atoms with van der Waals surface area (Å²) < 4.78 is 0. The Balaban J connectivity index is 1.98. The van der Waals surface area contributed by atoms with Gasteiger partial charge in [0, 0.05) is 6.04 Å². The van der Waals surface area contributed by atoms with Gasteiger partial charge in [-0.2, -0.15) is 0 Å². The maximum absolute atomic E-state index is 9.45. The third-order valence-electron chi connectivity index (χ3n) is 4.03. The Morgan fingerprint density at radius 1 is 1.35 bits per heavy atom. The molecule has 0 saturated carbocycles. The molecule has 0 amide bonds. The normalized spacial score (nSPS) is 20.6. The predicted molar refractivity (Wildman–Crippen MR) is 71.2 cm³/mol. The zero-order chi connectivity index (χ0) is 12.4. The highest BCUT2D eigenvalue weighted by atomic mass is 16.3. The molecule has 1 aromatic rings. The number of hydrogen-bond donors (Lipinski definition) is 2. The van der Waals surface area contributed by atoms with Crippen LogP contribution in [0.5, 0.6) is 5.75 Å². The van der Waals surface area contributed by atoms with Crippen LogP contribution in [-0.2, 0) is 6.42 Å². The van der Waals surface area contributed by atoms with Gasteiger partial charge in [0.1, 0.15) is 5.75 Å². The highest BCUT2D eigenvalue weighted by molar-refractivity contribution is 5.39. The smallest absolute Gasteiger partial charge is 0.115 e. The van der Waals surface area contributed by atoms with Crippen LogP contribution in [0.1, 0.15) is 44.4 Å². The molecule has 1 aliphatic rings. The summed E-state index contributed by atoms with van der Waals surface area (Å²) in [5.41, 5.74) is 2.68. The summed E-state index contributed by atoms with van der Waals surface area (Å²) in [6, 6.07) is 6.25. The number of benzene rings is 1. The largest absolute Gasteiger partial charge is 0.508 e. The number of hydrogen-bond acceptors (Lipinski definition) is 2. The molecule has 0 spiro atoms. The van der Waals surface area contributed by atoms with Gasteiger partial charge in [-0.15, -0.1) is 0 Å². The van der Waals surface area contributed by atoms with Crippen LogP contribution in [0.15, 0.2) is 18.2 Å². The van der Waals surface area contributed by atoms with Gasteiger partial charge in [0.25, 0.3) is 0 Å². The Labute approximate surface area is 104 Å². The quantitative estimate of drug-likeness (QED) is 0.836. The molecule has 0 saturated heterocycles. The summed E-state index contributed by atoms with van der Waals surface area (Å²) in [4.78, 5) is 0. The molecule has 0 fully saturated rings. The topological polar surface area (TPSA) is 32.3 Å². The lowest BCUT2D eigenvalue weighted by Gasteiger charge is -2.20. The van der Waals surface area contributed by atoms with Crippen LogP contribution in [-0.4, -0.2) is 11.7 Å². The minimum atomic E-state index is 0.389. The van der Waals surface area contributed by atoms with Crippen LogP contribution in [0.2, 0.25) is 0 Å². The molecule has 0 heterocycles. The van der Waals surface area contributed by atoms with Gasteiger partial charge in [-0.05, 0) is 54.5 Å². The molecule has 2 rings (SSSR count). The zero-order valence-corrected chi connectivity index (χ0v) is 11.0. The van der Waals surface area contributed by atoms with E-state index >= 15 is 0 Å². The van der Waals surface area contributed by atoms with Gasteiger partial charge in [0.05, 0.1) is 0 Å². The number of fused-ring (bicyclic) bond motifs is 1. The van der Waals surface area contributed by atoms with Crippen molar-refractivity contribution in [2.75, 3.05) is 6.54 Å². The molecule has 0 aromatic heterocycles. The molecule has 0 bridgehead atoms. The molecule has 1 aromatic carbocycles. The third-order valence-corrected chi connectivity index (χ3v) is 4.03. The van der Waals surface area contributed by atoms with Crippen LogP contribution in [0.25, 0.3) is 0 Å². The van der Waals surface area contributed by atoms with Crippen molar-refractivity contribution >= 4 is 0 Å². The first-order chi connectivity index (χ1) is 8.08. The van der Waals surface area contributed by atoms with Gasteiger partial charge in [0.2, 0.25) is 0 Å². The molecule has 0 radical (unpaired) electrons. The number of phenolic OH excluding ortho intramolecular Hbond substituents is 1. The van der Waals surface area contributed by atoms with E-state index in [2.05, 4.69) is 32.2 Å². The molecule has 94 valence electrons. The Bertz CT molecular complexity index is 387. The molecular weight excluding hydrogens is 210 g/mol. The number of aryl methyl sites for hydroxylation is 1. The predicted octanol–water partition coefficient (Wildman–Crippen LogP) is 3.26. The monoisotopic (exact) mass is 233 g/mol. The van der Waals surface area contributed by atoms with E-state index in [1.807, 2.05) is 6.07 Å². The third kappa shape index (κ3) is 2.81. The lowest BCUT2D eigenvalue weighted by Crippen LogP contribution is -2.27. The molecule has 2 heteroatoms. The molecule has 1 aliphatic carbocycles. The van der Waals surface area contributed by atoms with Gasteiger partial charge in [0.15, 0.2) is 0 Å². The van der Waals surface area contributed by atoms with E-state index in [0.717, 1.165) is 25.3 Å². The summed E-state index contributed by atoms with van der Waals surface area (Å²) in [7, 11) is 0. The molecule has 2 atom stereocenters. The Kier molecular flexibility index (Phi) is 3.72. The molecule has 2 N–H and O–H groups in total. The van der Waals surface area contributed by atoms with Gasteiger partial charge in [-0.3, -0.25) is 0 Å². The first-order valence-electron chi connectivity index (χ1n) is 6.63. The minimum absolute atomic E-state index is 0.389. The molecular formula is C15H23NO. The second-order valence-electron chi connectivity index (χ2n) is 5.60. The number of phenols is 1. The van der Waals surface area contributed by atoms with E-state index in [1.165, 1.54) is 11.1 Å². The number of nitrogens with one attached hydrogen (secondary N) is 1. The lowest BCUT2D eigenvalue weighted by molar-refractivity contribution is 0.368. The summed E-state index contributed by atoms with van der Waals surface area (Å²) >= 11 is 0. The number of aromatic hydroxyl groups is 1. The van der Waals surface area contributed by atoms with E-state index in [1.54, 1.807) is 6.07 Å². The van der Waals surface area contributed by atoms with Crippen molar-refractivity contribution < 1.29 is 5.11 Å². The van der Waals surface area contributed by atoms with Crippen LogP contribution in [0.4, 0.5) is 0 Å². The standard InChI is InChI=1S/C15H23NO/c1-10(2)11(3)9-16-15-7-4-12-8-13(17)5-6-14(12)15/h5-6,8,10-11,15-17H,4,7,9H2,1-3H3. The first kappa shape index (κ1) is 12.4. The van der Waals surface area contributed by atoms with Crippen LogP contribution in [0.3, 0.4) is 0 Å². The zero-order valence-electron chi connectivity index (χ0n) is 11.0. The van der Waals surface area contributed by atoms with Crippen molar-refractivity contribution in [2.24, 2.45) is 11.8 Å². The second kappa shape index (κ2) is 5.09. The van der Waals surface area contributed by atoms with E-state index in [4.69, 9.17) is 0 Å². The van der Waals surface area contributed by atoms with Gasteiger partial charge in [-0.25, -0.2) is 0 Å². The maximum atomic E-state index is 9.45. The second-order valence-corrected chi connectivity index (χ2v) is 5.60. The first-order valence-corrected chi connectivity index (χ1v) is 6.63. The molecule has 2 nitrogen and oxygen atoms in total. The van der Waals surface area contributed by atoms with E-state index in [9.17, 15) is 5.11 Å². The fraction of sp³-hybridized carbons (Fsp3) is 0.600. The highest BCUT2D eigenvalue weighted by Gasteiger charge is 2.22. The maximum Gasteiger partial charge on any atom is 0.115 e. The SMILES string of the molecule is CC(C)C(C)CNC1CCc2cc(O)ccc21. The van der Waals surface area contributed by atoms with E-state index in [-0.39, 0.29) is 0 Å². The Hall–Kier alpha value is -1.02. The lowest BCUT2D eigenvalue weighted by atomic mass is 9.97. The fourth-order valence-electron chi connectivity index (χ4n) is 2.38. The summed E-state index contributed by atoms with van der Waals surface area (Å²) in [6.45, 7) is 7.91. The Morgan fingerprint density at radius 2 is 2.12 bits per heavy atom. The van der Waals surface area contributed by atoms with Crippen LogP contribution in [0, 0.1) is 11.8 Å². The van der Waals surface area contributed by atoms with E-state index < -0.39 is 0 Å². The van der Waals surface area contributed by atoms with Gasteiger partial charge in [-0.1, -0.05) is 26.8 Å². The van der Waals surface area contributed by atoms with Crippen molar-refractivity contribution in [3.8, 4) is 5.75 Å². The fourth-order valence-corrected chi connectivity index (χ4v) is 2.38. The average molecular weight is 233 g/mol. The van der Waals surface area contributed by atoms with Crippen molar-refractivity contribution in [3.63, 3.8) is 0 Å². The molecule has 17 heavy (non-hydrogen) atoms. The molecule has 2 unspecified atom stereocenters. The summed E-state index contributed by atoms with van der Waals surface area (Å²) in [5, 5.41) is 13.1. The minimum Gasteiger partial charge on any atom is -0.508 e. The van der Waals surface area contributed by atoms with Crippen LogP contribution >= 0.6 is 0 Å². The van der Waals surface area contributed by atoms with Crippen molar-refractivity contribution in [1.29, 1.82) is 0 Å². The van der Waals surface area contributed by atoms with E-state index in [0.29, 0.717) is 17.7 Å². The van der Waals surface area contributed by atoms with Crippen molar-refractivity contribution in [2.45, 2.75) is 39.7 Å². The highest BCUT2D eigenvalue weighted by Crippen LogP contribution is 2.33. The summed E-state index contributed by atoms with van der Waals surface area (Å²) in [5.74, 6) is 1.82. The van der Waals surface area contributed by atoms with Crippen molar-refractivity contribution in [3.05, 3.63) is 29.3 Å². The molecule has 0 aliphatic heterocycles. The number of rotatable bonds is 4.